The molecule has 0 radical (unpaired) electrons. The molecule has 148 valence electrons. The van der Waals surface area contributed by atoms with Crippen LogP contribution in [0.15, 0.2) is 60.4 Å². The van der Waals surface area contributed by atoms with E-state index in [0.717, 1.165) is 39.6 Å². The number of rotatable bonds is 4. The summed E-state index contributed by atoms with van der Waals surface area (Å²) in [5, 5.41) is 12.4. The summed E-state index contributed by atoms with van der Waals surface area (Å²) in [6.07, 6.45) is 1.81. The molecule has 29 heavy (non-hydrogen) atoms. The molecule has 0 atom stereocenters. The van der Waals surface area contributed by atoms with E-state index in [9.17, 15) is 9.90 Å². The third-order valence-corrected chi connectivity index (χ3v) is 5.70. The highest BCUT2D eigenvalue weighted by molar-refractivity contribution is 6.22. The lowest BCUT2D eigenvalue weighted by molar-refractivity contribution is -0.114. The van der Waals surface area contributed by atoms with Crippen molar-refractivity contribution in [3.05, 3.63) is 71.5 Å². The molecule has 0 spiro atoms. The summed E-state index contributed by atoms with van der Waals surface area (Å²) >= 11 is 0. The number of hydrogen-bond acceptors (Lipinski definition) is 3. The molecule has 0 heterocycles. The van der Waals surface area contributed by atoms with Crippen LogP contribution in [0.5, 0.6) is 5.75 Å². The van der Waals surface area contributed by atoms with Crippen LogP contribution in [-0.2, 0) is 4.79 Å². The predicted molar refractivity (Wildman–Crippen MR) is 118 cm³/mol. The van der Waals surface area contributed by atoms with Crippen LogP contribution in [-0.4, -0.2) is 18.0 Å². The second-order valence-electron chi connectivity index (χ2n) is 7.99. The number of allylic oxidation sites excluding steroid dienone is 2. The molecule has 1 aliphatic carbocycles. The highest BCUT2D eigenvalue weighted by atomic mass is 16.5. The quantitative estimate of drug-likeness (QED) is 0.545. The Labute approximate surface area is 171 Å². The second-order valence-corrected chi connectivity index (χ2v) is 7.99. The highest BCUT2D eigenvalue weighted by Crippen LogP contribution is 2.34. The number of aliphatic hydroxyl groups is 1. The first-order valence-electron chi connectivity index (χ1n) is 10.2. The zero-order valence-corrected chi connectivity index (χ0v) is 17.2. The molecule has 3 nitrogen and oxygen atoms in total. The highest BCUT2D eigenvalue weighted by Gasteiger charge is 2.21. The lowest BCUT2D eigenvalue weighted by Gasteiger charge is -2.16. The third kappa shape index (κ3) is 3.65. The monoisotopic (exact) mass is 386 g/mol. The topological polar surface area (TPSA) is 46.5 Å². The zero-order chi connectivity index (χ0) is 20.5. The molecule has 0 saturated carbocycles. The Morgan fingerprint density at radius 1 is 0.862 bits per heavy atom. The molecule has 0 aromatic heterocycles. The lowest BCUT2D eigenvalue weighted by Crippen LogP contribution is -2.10. The van der Waals surface area contributed by atoms with Crippen LogP contribution in [0, 0.1) is 0 Å². The molecule has 0 unspecified atom stereocenters. The summed E-state index contributed by atoms with van der Waals surface area (Å²) in [4.78, 5) is 12.3. The number of hydrogen-bond donors (Lipinski definition) is 1. The van der Waals surface area contributed by atoms with Crippen LogP contribution in [0.25, 0.3) is 27.5 Å². The van der Waals surface area contributed by atoms with E-state index in [4.69, 9.17) is 4.74 Å². The fourth-order valence-corrected chi connectivity index (χ4v) is 4.10. The van der Waals surface area contributed by atoms with Gasteiger partial charge in [0.25, 0.3) is 0 Å². The first-order chi connectivity index (χ1) is 14.0. The minimum absolute atomic E-state index is 0.0316. The predicted octanol–water partition coefficient (Wildman–Crippen LogP) is 6.66. The van der Waals surface area contributed by atoms with Gasteiger partial charge < -0.3 is 9.84 Å². The molecule has 0 bridgehead atoms. The summed E-state index contributed by atoms with van der Waals surface area (Å²) in [5.41, 5.74) is 4.78. The Hall–Kier alpha value is -3.07. The average Bonchev–Trinajstić information content (AvgIpc) is 2.72. The minimum atomic E-state index is 0.0316. The standard InChI is InChI=1S/C26H26O3/c1-16(2)22-15-20(11-12-25(22)29-3)18-7-8-19-14-21(10-9-17(19)13-18)26-23(27)5-4-6-24(26)28/h7-16,27H,4-6H2,1-3H3. The molecule has 3 aromatic carbocycles. The zero-order valence-electron chi connectivity index (χ0n) is 17.2. The molecular formula is C26H26O3. The molecule has 0 aliphatic heterocycles. The number of ketones is 1. The van der Waals surface area contributed by atoms with Gasteiger partial charge in [-0.15, -0.1) is 0 Å². The summed E-state index contributed by atoms with van der Waals surface area (Å²) in [7, 11) is 1.71. The van der Waals surface area contributed by atoms with E-state index in [2.05, 4.69) is 44.2 Å². The van der Waals surface area contributed by atoms with Gasteiger partial charge in [-0.25, -0.2) is 0 Å². The molecule has 3 heteroatoms. The van der Waals surface area contributed by atoms with E-state index in [1.165, 1.54) is 5.56 Å². The van der Waals surface area contributed by atoms with Crippen molar-refractivity contribution in [2.24, 2.45) is 0 Å². The van der Waals surface area contributed by atoms with E-state index in [1.807, 2.05) is 24.3 Å². The van der Waals surface area contributed by atoms with Gasteiger partial charge in [0.2, 0.25) is 0 Å². The molecular weight excluding hydrogens is 360 g/mol. The number of aliphatic hydroxyl groups excluding tert-OH is 1. The van der Waals surface area contributed by atoms with Gasteiger partial charge in [-0.05, 0) is 69.6 Å². The smallest absolute Gasteiger partial charge is 0.166 e. The molecule has 4 rings (SSSR count). The van der Waals surface area contributed by atoms with Gasteiger partial charge in [0.05, 0.1) is 12.7 Å². The Balaban J connectivity index is 1.75. The molecule has 0 fully saturated rings. The Morgan fingerprint density at radius 2 is 1.48 bits per heavy atom. The third-order valence-electron chi connectivity index (χ3n) is 5.70. The van der Waals surface area contributed by atoms with Crippen LogP contribution in [0.3, 0.4) is 0 Å². The van der Waals surface area contributed by atoms with Crippen molar-refractivity contribution in [2.75, 3.05) is 7.11 Å². The van der Waals surface area contributed by atoms with Gasteiger partial charge in [0.15, 0.2) is 5.78 Å². The van der Waals surface area contributed by atoms with Gasteiger partial charge in [0, 0.05) is 12.8 Å². The van der Waals surface area contributed by atoms with Crippen LogP contribution < -0.4 is 4.74 Å². The number of fused-ring (bicyclic) bond motifs is 1. The van der Waals surface area contributed by atoms with E-state index >= 15 is 0 Å². The summed E-state index contributed by atoms with van der Waals surface area (Å²) in [6.45, 7) is 4.33. The maximum absolute atomic E-state index is 12.3. The first-order valence-corrected chi connectivity index (χ1v) is 10.2. The molecule has 1 aliphatic rings. The Kier molecular flexibility index (Phi) is 5.14. The Morgan fingerprint density at radius 3 is 2.14 bits per heavy atom. The number of carbonyl (C=O) groups is 1. The van der Waals surface area contributed by atoms with Crippen LogP contribution in [0.1, 0.15) is 50.2 Å². The van der Waals surface area contributed by atoms with E-state index in [1.54, 1.807) is 7.11 Å². The number of methoxy groups -OCH3 is 1. The van der Waals surface area contributed by atoms with Crippen molar-refractivity contribution < 1.29 is 14.6 Å². The van der Waals surface area contributed by atoms with Crippen molar-refractivity contribution in [1.82, 2.24) is 0 Å². The van der Waals surface area contributed by atoms with E-state index < -0.39 is 0 Å². The van der Waals surface area contributed by atoms with E-state index in [0.29, 0.717) is 24.3 Å². The van der Waals surface area contributed by atoms with Gasteiger partial charge in [-0.1, -0.05) is 44.2 Å². The summed E-state index contributed by atoms with van der Waals surface area (Å²) in [6, 6.07) is 18.6. The van der Waals surface area contributed by atoms with Crippen LogP contribution in [0.4, 0.5) is 0 Å². The first kappa shape index (κ1) is 19.3. The van der Waals surface area contributed by atoms with Crippen LogP contribution in [0.2, 0.25) is 0 Å². The second kappa shape index (κ2) is 7.75. The number of ether oxygens (including phenoxy) is 1. The largest absolute Gasteiger partial charge is 0.512 e. The molecule has 3 aromatic rings. The van der Waals surface area contributed by atoms with Gasteiger partial charge >= 0.3 is 0 Å². The fraction of sp³-hybridized carbons (Fsp3) is 0.269. The SMILES string of the molecule is COc1ccc(-c2ccc3cc(C4=C(O)CCCC4=O)ccc3c2)cc1C(C)C. The summed E-state index contributed by atoms with van der Waals surface area (Å²) < 4.78 is 5.50. The Bertz CT molecular complexity index is 1120. The van der Waals surface area contributed by atoms with Crippen LogP contribution >= 0.6 is 0 Å². The maximum atomic E-state index is 12.3. The van der Waals surface area contributed by atoms with Crippen molar-refractivity contribution in [2.45, 2.75) is 39.0 Å². The maximum Gasteiger partial charge on any atom is 0.166 e. The van der Waals surface area contributed by atoms with Gasteiger partial charge in [-0.3, -0.25) is 4.79 Å². The molecule has 0 amide bonds. The van der Waals surface area contributed by atoms with Crippen molar-refractivity contribution in [1.29, 1.82) is 0 Å². The van der Waals surface area contributed by atoms with Gasteiger partial charge in [0.1, 0.15) is 11.5 Å². The average molecular weight is 386 g/mol. The van der Waals surface area contributed by atoms with Gasteiger partial charge in [-0.2, -0.15) is 0 Å². The molecule has 0 saturated heterocycles. The number of carbonyl (C=O) groups excluding carboxylic acids is 1. The lowest BCUT2D eigenvalue weighted by atomic mass is 9.89. The number of benzene rings is 3. The van der Waals surface area contributed by atoms with Crippen molar-refractivity contribution in [3.8, 4) is 16.9 Å². The number of Topliss-reactive ketones (excluding diaryl/α,β-unsaturated/α-hetero) is 1. The minimum Gasteiger partial charge on any atom is -0.512 e. The fourth-order valence-electron chi connectivity index (χ4n) is 4.10. The van der Waals surface area contributed by atoms with Crippen molar-refractivity contribution >= 4 is 22.1 Å². The molecule has 1 N–H and O–H groups in total. The normalized spacial score (nSPS) is 14.7. The summed E-state index contributed by atoms with van der Waals surface area (Å²) in [5.74, 6) is 1.54. The van der Waals surface area contributed by atoms with E-state index in [-0.39, 0.29) is 11.5 Å². The van der Waals surface area contributed by atoms with Crippen molar-refractivity contribution in [3.63, 3.8) is 0 Å².